The van der Waals surface area contributed by atoms with Crippen LogP contribution >= 0.6 is 0 Å². The Labute approximate surface area is 179 Å². The summed E-state index contributed by atoms with van der Waals surface area (Å²) < 4.78 is 7.91. The average molecular weight is 419 g/mol. The predicted octanol–water partition coefficient (Wildman–Crippen LogP) is 3.23. The Balaban J connectivity index is 1.89. The van der Waals surface area contributed by atoms with Crippen molar-refractivity contribution in [2.45, 2.75) is 38.3 Å². The molecule has 1 aliphatic rings. The molecule has 0 bridgehead atoms. The van der Waals surface area contributed by atoms with E-state index < -0.39 is 29.0 Å². The van der Waals surface area contributed by atoms with Gasteiger partial charge in [-0.3, -0.25) is 0 Å². The van der Waals surface area contributed by atoms with E-state index in [1.807, 2.05) is 69.3 Å². The van der Waals surface area contributed by atoms with E-state index >= 15 is 0 Å². The topological polar surface area (TPSA) is 86.1 Å². The largest absolute Gasteiger partial charge is 0.456 e. The van der Waals surface area contributed by atoms with Gasteiger partial charge in [-0.15, -0.1) is 0 Å². The number of carbonyl (C=O) groups excluding carboxylic acids is 1. The van der Waals surface area contributed by atoms with Crippen LogP contribution in [0.2, 0.25) is 0 Å². The molecule has 0 spiro atoms. The molecule has 1 aliphatic carbocycles. The molecule has 160 valence electrons. The van der Waals surface area contributed by atoms with Crippen molar-refractivity contribution in [3.63, 3.8) is 0 Å². The number of carbonyl (C=O) groups is 1. The number of fused-ring (bicyclic) bond motifs is 1. The van der Waals surface area contributed by atoms with Crippen LogP contribution in [-0.4, -0.2) is 25.9 Å². The predicted molar refractivity (Wildman–Crippen MR) is 118 cm³/mol. The van der Waals surface area contributed by atoms with Crippen molar-refractivity contribution in [3.8, 4) is 0 Å². The van der Waals surface area contributed by atoms with Crippen molar-refractivity contribution < 1.29 is 9.53 Å². The molecular formula is C24H25N3O4. The number of aromatic amines is 1. The molecule has 0 unspecified atom stereocenters. The normalized spacial score (nSPS) is 17.9. The smallest absolute Gasteiger partial charge is 0.347 e. The van der Waals surface area contributed by atoms with Crippen molar-refractivity contribution >= 4 is 12.0 Å². The fraction of sp³-hybridized carbons (Fsp3) is 0.292. The van der Waals surface area contributed by atoms with Gasteiger partial charge in [-0.25, -0.2) is 28.7 Å². The van der Waals surface area contributed by atoms with Gasteiger partial charge < -0.3 is 4.74 Å². The summed E-state index contributed by atoms with van der Waals surface area (Å²) in [6.07, 6.45) is 4.00. The summed E-state index contributed by atoms with van der Waals surface area (Å²) in [4.78, 5) is 37.7. The van der Waals surface area contributed by atoms with Gasteiger partial charge in [0.1, 0.15) is 5.60 Å². The quantitative estimate of drug-likeness (QED) is 0.661. The van der Waals surface area contributed by atoms with Crippen molar-refractivity contribution in [1.82, 2.24) is 14.3 Å². The van der Waals surface area contributed by atoms with E-state index in [1.165, 1.54) is 11.7 Å². The molecular weight excluding hydrogens is 394 g/mol. The zero-order chi connectivity index (χ0) is 22.3. The first-order chi connectivity index (χ1) is 14.7. The zero-order valence-corrected chi connectivity index (χ0v) is 18.0. The lowest BCUT2D eigenvalue weighted by atomic mass is 9.80. The van der Waals surface area contributed by atoms with E-state index in [9.17, 15) is 14.4 Å². The number of nitrogens with zero attached hydrogens (tertiary/aromatic N) is 2. The van der Waals surface area contributed by atoms with Gasteiger partial charge in [-0.05, 0) is 49.6 Å². The van der Waals surface area contributed by atoms with Crippen LogP contribution in [0.3, 0.4) is 0 Å². The number of H-pyrrole nitrogens is 1. The molecule has 2 aromatic carbocycles. The van der Waals surface area contributed by atoms with Gasteiger partial charge in [-0.2, -0.15) is 0 Å². The van der Waals surface area contributed by atoms with Gasteiger partial charge in [0.15, 0.2) is 0 Å². The molecule has 3 aromatic rings. The second kappa shape index (κ2) is 7.58. The third-order valence-electron chi connectivity index (χ3n) is 5.34. The lowest BCUT2D eigenvalue weighted by Gasteiger charge is -2.30. The lowest BCUT2D eigenvalue weighted by molar-refractivity contribution is 0.00693. The minimum atomic E-state index is -0.625. The molecule has 0 saturated heterocycles. The van der Waals surface area contributed by atoms with E-state index in [-0.39, 0.29) is 5.92 Å². The number of rotatable bonds is 3. The third kappa shape index (κ3) is 3.91. The van der Waals surface area contributed by atoms with Crippen molar-refractivity contribution in [2.24, 2.45) is 7.05 Å². The maximum atomic E-state index is 12.9. The van der Waals surface area contributed by atoms with Crippen LogP contribution in [0, 0.1) is 0 Å². The fourth-order valence-corrected chi connectivity index (χ4v) is 3.88. The Bertz CT molecular complexity index is 1270. The van der Waals surface area contributed by atoms with Crippen LogP contribution in [0.1, 0.15) is 59.8 Å². The molecule has 7 heteroatoms. The maximum Gasteiger partial charge on any atom is 0.347 e. The first-order valence-electron chi connectivity index (χ1n) is 10.1. The molecule has 31 heavy (non-hydrogen) atoms. The number of hydrogen-bond donors (Lipinski definition) is 1. The van der Waals surface area contributed by atoms with Crippen LogP contribution in [-0.2, 0) is 11.8 Å². The van der Waals surface area contributed by atoms with E-state index in [4.69, 9.17) is 4.74 Å². The molecule has 0 saturated carbocycles. The highest BCUT2D eigenvalue weighted by molar-refractivity contribution is 5.90. The van der Waals surface area contributed by atoms with Gasteiger partial charge in [0.2, 0.25) is 0 Å². The third-order valence-corrected chi connectivity index (χ3v) is 5.34. The number of esters is 1. The SMILES string of the molecule is Cn1c(=O)[nH]n([C@H]2c3cc(C(=O)OC(C)(C)C)ccc3C=C[C@@H]2c2ccccc2)c1=O. The molecule has 0 amide bonds. The van der Waals surface area contributed by atoms with Crippen LogP contribution in [0.5, 0.6) is 0 Å². The second-order valence-corrected chi connectivity index (χ2v) is 8.71. The number of nitrogens with one attached hydrogen (secondary N) is 1. The van der Waals surface area contributed by atoms with E-state index in [0.717, 1.165) is 21.3 Å². The molecule has 4 rings (SSSR count). The minimum Gasteiger partial charge on any atom is -0.456 e. The standard InChI is InChI=1S/C24H25N3O4/c1-24(2,3)31-21(28)17-11-10-16-12-13-18(15-8-6-5-7-9-15)20(19(16)14-17)27-23(30)26(4)22(29)25-27/h5-14,18,20H,1-4H3,(H,25,29)/t18-,20-/m1/s1. The summed E-state index contributed by atoms with van der Waals surface area (Å²) in [6.45, 7) is 5.44. The highest BCUT2D eigenvalue weighted by atomic mass is 16.6. The molecule has 0 fully saturated rings. The van der Waals surface area contributed by atoms with E-state index in [0.29, 0.717) is 5.56 Å². The molecule has 7 nitrogen and oxygen atoms in total. The van der Waals surface area contributed by atoms with Gasteiger partial charge in [0, 0.05) is 13.0 Å². The Morgan fingerprint density at radius 1 is 1.06 bits per heavy atom. The zero-order valence-electron chi connectivity index (χ0n) is 18.0. The average Bonchev–Trinajstić information content (AvgIpc) is 2.99. The Morgan fingerprint density at radius 3 is 2.39 bits per heavy atom. The number of allylic oxidation sites excluding steroid dienone is 1. The van der Waals surface area contributed by atoms with Crippen LogP contribution in [0.4, 0.5) is 0 Å². The number of hydrogen-bond acceptors (Lipinski definition) is 4. The molecule has 2 atom stereocenters. The van der Waals surface area contributed by atoms with Crippen molar-refractivity contribution in [3.05, 3.63) is 97.8 Å². The van der Waals surface area contributed by atoms with Crippen LogP contribution in [0.25, 0.3) is 6.08 Å². The van der Waals surface area contributed by atoms with Crippen molar-refractivity contribution in [2.75, 3.05) is 0 Å². The maximum absolute atomic E-state index is 12.9. The molecule has 0 radical (unpaired) electrons. The van der Waals surface area contributed by atoms with Crippen LogP contribution in [0.15, 0.2) is 64.2 Å². The monoisotopic (exact) mass is 419 g/mol. The van der Waals surface area contributed by atoms with E-state index in [2.05, 4.69) is 5.10 Å². The summed E-state index contributed by atoms with van der Waals surface area (Å²) >= 11 is 0. The highest BCUT2D eigenvalue weighted by Gasteiger charge is 2.32. The molecule has 1 aromatic heterocycles. The molecule has 0 aliphatic heterocycles. The number of ether oxygens (including phenoxy) is 1. The number of benzene rings is 2. The van der Waals surface area contributed by atoms with Gasteiger partial charge in [0.25, 0.3) is 0 Å². The first-order valence-corrected chi connectivity index (χ1v) is 10.1. The summed E-state index contributed by atoms with van der Waals surface area (Å²) in [5.74, 6) is -0.646. The van der Waals surface area contributed by atoms with Gasteiger partial charge in [-0.1, -0.05) is 48.6 Å². The Morgan fingerprint density at radius 2 is 1.77 bits per heavy atom. The lowest BCUT2D eigenvalue weighted by Crippen LogP contribution is -2.32. The second-order valence-electron chi connectivity index (χ2n) is 8.71. The molecule has 1 heterocycles. The van der Waals surface area contributed by atoms with Gasteiger partial charge >= 0.3 is 17.3 Å². The number of aromatic nitrogens is 3. The van der Waals surface area contributed by atoms with Gasteiger partial charge in [0.05, 0.1) is 11.6 Å². The Kier molecular flexibility index (Phi) is 5.05. The van der Waals surface area contributed by atoms with Crippen LogP contribution < -0.4 is 11.4 Å². The van der Waals surface area contributed by atoms with E-state index in [1.54, 1.807) is 12.1 Å². The van der Waals surface area contributed by atoms with Crippen molar-refractivity contribution in [1.29, 1.82) is 0 Å². The minimum absolute atomic E-state index is 0.210. The molecule has 1 N–H and O–H groups in total. The Hall–Kier alpha value is -3.61. The summed E-state index contributed by atoms with van der Waals surface area (Å²) in [6, 6.07) is 14.5. The fourth-order valence-electron chi connectivity index (χ4n) is 3.88. The first kappa shape index (κ1) is 20.7. The summed E-state index contributed by atoms with van der Waals surface area (Å²) in [5.41, 5.74) is 1.47. The summed E-state index contributed by atoms with van der Waals surface area (Å²) in [5, 5.41) is 2.67. The summed E-state index contributed by atoms with van der Waals surface area (Å²) in [7, 11) is 1.44. The highest BCUT2D eigenvalue weighted by Crippen LogP contribution is 2.40.